The molecule has 5 aromatic carbocycles. The van der Waals surface area contributed by atoms with Crippen molar-refractivity contribution in [3.63, 3.8) is 0 Å². The summed E-state index contributed by atoms with van der Waals surface area (Å²) in [6.07, 6.45) is 2.72. The fourth-order valence-corrected chi connectivity index (χ4v) is 11.0. The molecule has 1 aliphatic rings. The van der Waals surface area contributed by atoms with Crippen LogP contribution in [0.1, 0.15) is 40.4 Å². The number of carbonyl (C=O) groups is 1. The third-order valence-electron chi connectivity index (χ3n) is 8.21. The molecule has 0 aromatic heterocycles. The predicted octanol–water partition coefficient (Wildman–Crippen LogP) is 6.46. The molecule has 0 fully saturated rings. The zero-order valence-electron chi connectivity index (χ0n) is 22.7. The van der Waals surface area contributed by atoms with Crippen molar-refractivity contribution in [2.45, 2.75) is 25.4 Å². The fraction of sp³-hybridized carbons (Fsp3) is 0.139. The Morgan fingerprint density at radius 2 is 1.22 bits per heavy atom. The second kappa shape index (κ2) is 11.6. The summed E-state index contributed by atoms with van der Waals surface area (Å²) in [6, 6.07) is 44.0. The van der Waals surface area contributed by atoms with Crippen LogP contribution in [0.25, 0.3) is 0 Å². The average Bonchev–Trinajstić information content (AvgIpc) is 3.03. The summed E-state index contributed by atoms with van der Waals surface area (Å²) in [6.45, 7) is 0. The number of hydrogen-bond donors (Lipinski definition) is 2. The van der Waals surface area contributed by atoms with Gasteiger partial charge in [0.25, 0.3) is 0 Å². The molecular weight excluding hydrogens is 527 g/mol. The van der Waals surface area contributed by atoms with E-state index >= 15 is 0 Å². The van der Waals surface area contributed by atoms with Crippen molar-refractivity contribution in [1.29, 1.82) is 0 Å². The standard InChI is InChI=1S/C36H33O4P/c37-32-23-22-31-33(38)25-34(40-36(31)35(32)39)27-20-18-26(19-21-27)11-10-24-41(28-12-4-1-5-13-28,29-14-6-2-7-15-29)30-16-8-3-9-17-30/h1-9,12-23,34,37,39,41H,10-11,24-25H2. The van der Waals surface area contributed by atoms with Crippen LogP contribution >= 0.6 is 7.26 Å². The third kappa shape index (κ3) is 5.24. The van der Waals surface area contributed by atoms with Crippen molar-refractivity contribution in [3.05, 3.63) is 144 Å². The van der Waals surface area contributed by atoms with Crippen molar-refractivity contribution in [3.8, 4) is 17.2 Å². The van der Waals surface area contributed by atoms with Crippen LogP contribution in [0.15, 0.2) is 127 Å². The van der Waals surface area contributed by atoms with E-state index < -0.39 is 13.4 Å². The van der Waals surface area contributed by atoms with Crippen molar-refractivity contribution < 1.29 is 19.7 Å². The summed E-state index contributed by atoms with van der Waals surface area (Å²) in [5.41, 5.74) is 2.40. The van der Waals surface area contributed by atoms with Gasteiger partial charge in [-0.15, -0.1) is 0 Å². The normalized spacial score (nSPS) is 15.1. The second-order valence-electron chi connectivity index (χ2n) is 10.6. The summed E-state index contributed by atoms with van der Waals surface area (Å²) in [5, 5.41) is 24.4. The predicted molar refractivity (Wildman–Crippen MR) is 168 cm³/mol. The molecule has 0 spiro atoms. The van der Waals surface area contributed by atoms with Gasteiger partial charge in [-0.05, 0) is 6.07 Å². The molecule has 1 aliphatic heterocycles. The molecule has 1 heterocycles. The number of rotatable bonds is 8. The summed E-state index contributed by atoms with van der Waals surface area (Å²) < 4.78 is 5.99. The number of fused-ring (bicyclic) bond motifs is 1. The molecule has 1 atom stereocenters. The molecule has 0 saturated heterocycles. The van der Waals surface area contributed by atoms with Crippen LogP contribution in [0, 0.1) is 0 Å². The number of phenolic OH excluding ortho intramolecular Hbond substituents is 2. The van der Waals surface area contributed by atoms with Crippen molar-refractivity contribution in [1.82, 2.24) is 0 Å². The second-order valence-corrected chi connectivity index (χ2v) is 14.7. The molecule has 41 heavy (non-hydrogen) atoms. The number of aryl methyl sites for hydroxylation is 1. The maximum absolute atomic E-state index is 12.7. The summed E-state index contributed by atoms with van der Waals surface area (Å²) in [5.74, 6) is -0.743. The van der Waals surface area contributed by atoms with Crippen LogP contribution in [0.4, 0.5) is 0 Å². The molecule has 6 rings (SSSR count). The van der Waals surface area contributed by atoms with Crippen molar-refractivity contribution >= 4 is 29.0 Å². The van der Waals surface area contributed by atoms with Crippen LogP contribution in [0.3, 0.4) is 0 Å². The van der Waals surface area contributed by atoms with E-state index in [2.05, 4.69) is 103 Å². The zero-order chi connectivity index (χ0) is 28.2. The topological polar surface area (TPSA) is 66.8 Å². The molecule has 5 aromatic rings. The third-order valence-corrected chi connectivity index (χ3v) is 13.3. The quantitative estimate of drug-likeness (QED) is 0.169. The van der Waals surface area contributed by atoms with Gasteiger partial charge in [-0.3, -0.25) is 0 Å². The Morgan fingerprint density at radius 3 is 1.76 bits per heavy atom. The van der Waals surface area contributed by atoms with E-state index in [9.17, 15) is 15.0 Å². The monoisotopic (exact) mass is 560 g/mol. The molecule has 0 aliphatic carbocycles. The maximum atomic E-state index is 12.7. The van der Waals surface area contributed by atoms with Gasteiger partial charge in [-0.1, -0.05) is 0 Å². The molecule has 0 bridgehead atoms. The molecule has 4 nitrogen and oxygen atoms in total. The zero-order valence-corrected chi connectivity index (χ0v) is 23.7. The van der Waals surface area contributed by atoms with Crippen LogP contribution < -0.4 is 20.7 Å². The molecule has 1 unspecified atom stereocenters. The Labute approximate surface area is 241 Å². The van der Waals surface area contributed by atoms with E-state index in [0.717, 1.165) is 24.6 Å². The first-order valence-corrected chi connectivity index (χ1v) is 16.3. The van der Waals surface area contributed by atoms with Gasteiger partial charge in [-0.25, -0.2) is 0 Å². The van der Waals surface area contributed by atoms with Gasteiger partial charge in [0.2, 0.25) is 0 Å². The van der Waals surface area contributed by atoms with Gasteiger partial charge in [0, 0.05) is 0 Å². The number of carbonyl (C=O) groups excluding carboxylic acids is 1. The van der Waals surface area contributed by atoms with E-state index in [1.54, 1.807) is 0 Å². The van der Waals surface area contributed by atoms with Crippen LogP contribution in [0.2, 0.25) is 0 Å². The number of Topliss-reactive ketones (excluding diaryl/α,β-unsaturated/α-hetero) is 1. The summed E-state index contributed by atoms with van der Waals surface area (Å²) >= 11 is 0. The summed E-state index contributed by atoms with van der Waals surface area (Å²) in [7, 11) is -2.27. The van der Waals surface area contributed by atoms with Gasteiger partial charge in [0.15, 0.2) is 0 Å². The van der Waals surface area contributed by atoms with E-state index in [0.29, 0.717) is 5.56 Å². The Morgan fingerprint density at radius 1 is 0.683 bits per heavy atom. The first-order valence-electron chi connectivity index (χ1n) is 14.1. The van der Waals surface area contributed by atoms with Gasteiger partial charge in [-0.2, -0.15) is 0 Å². The molecule has 206 valence electrons. The number of phenols is 2. The van der Waals surface area contributed by atoms with Crippen LogP contribution in [-0.4, -0.2) is 22.2 Å². The van der Waals surface area contributed by atoms with Gasteiger partial charge in [0.05, 0.1) is 0 Å². The van der Waals surface area contributed by atoms with Crippen LogP contribution in [0.5, 0.6) is 17.2 Å². The molecule has 0 saturated carbocycles. The Hall–Kier alpha value is -4.40. The Kier molecular flexibility index (Phi) is 7.59. The minimum atomic E-state index is -2.27. The molecular formula is C36H33O4P. The molecule has 0 amide bonds. The van der Waals surface area contributed by atoms with E-state index in [-0.39, 0.29) is 29.5 Å². The number of aromatic hydroxyl groups is 2. The molecule has 0 radical (unpaired) electrons. The van der Waals surface area contributed by atoms with Crippen LogP contribution in [-0.2, 0) is 6.42 Å². The first kappa shape index (κ1) is 26.8. The van der Waals surface area contributed by atoms with Gasteiger partial charge >= 0.3 is 230 Å². The minimum absolute atomic E-state index is 0.0550. The number of hydrogen-bond acceptors (Lipinski definition) is 4. The number of ether oxygens (including phenoxy) is 1. The fourth-order valence-electron chi connectivity index (χ4n) is 6.11. The Bertz CT molecular complexity index is 1540. The Balaban J connectivity index is 1.23. The molecule has 5 heteroatoms. The average molecular weight is 561 g/mol. The number of ketones is 1. The van der Waals surface area contributed by atoms with Gasteiger partial charge in [0.1, 0.15) is 0 Å². The van der Waals surface area contributed by atoms with E-state index in [4.69, 9.17) is 4.74 Å². The van der Waals surface area contributed by atoms with Crippen molar-refractivity contribution in [2.24, 2.45) is 0 Å². The molecule has 2 N–H and O–H groups in total. The van der Waals surface area contributed by atoms with Gasteiger partial charge < -0.3 is 5.11 Å². The van der Waals surface area contributed by atoms with E-state index in [1.165, 1.54) is 33.6 Å². The first-order chi connectivity index (χ1) is 20.1. The van der Waals surface area contributed by atoms with E-state index in [1.807, 2.05) is 12.1 Å². The SMILES string of the molecule is O=C1CC(c2ccc(CCC[PH](c3ccccc3)(c3ccccc3)c3ccccc3)cc2)Oc2c1ccc(O)c2O. The van der Waals surface area contributed by atoms with Crippen molar-refractivity contribution in [2.75, 3.05) is 6.16 Å². The number of benzene rings is 5. The summed E-state index contributed by atoms with van der Waals surface area (Å²) in [4.78, 5) is 12.7.